The van der Waals surface area contributed by atoms with Crippen LogP contribution in [0.25, 0.3) is 27.7 Å². The average molecular weight is 519 g/mol. The number of nitrogens with one attached hydrogen (secondary N) is 2. The molecule has 1 fully saturated rings. The van der Waals surface area contributed by atoms with E-state index >= 15 is 0 Å². The normalized spacial score (nSPS) is 19.5. The van der Waals surface area contributed by atoms with Gasteiger partial charge in [0.25, 0.3) is 11.8 Å². The van der Waals surface area contributed by atoms with E-state index in [1.54, 1.807) is 10.6 Å². The molecule has 1 aromatic carbocycles. The van der Waals surface area contributed by atoms with Gasteiger partial charge in [0.1, 0.15) is 11.7 Å². The van der Waals surface area contributed by atoms with E-state index in [0.717, 1.165) is 48.8 Å². The highest BCUT2D eigenvalue weighted by atomic mass is 16.2. The zero-order chi connectivity index (χ0) is 26.7. The molecule has 3 aliphatic rings. The molecular formula is C30H26N6O3. The highest BCUT2D eigenvalue weighted by Crippen LogP contribution is 2.38. The highest BCUT2D eigenvalue weighted by molar-refractivity contribution is 6.49. The van der Waals surface area contributed by atoms with Crippen molar-refractivity contribution < 1.29 is 14.4 Å². The first-order valence-electron chi connectivity index (χ1n) is 13.2. The molecule has 6 heterocycles. The SMILES string of the molecule is C#Cc1cc2c(C3=C(c4cnc5ccccn45)C(=O)NC3=O)ccc3c2n1CC(C(=O)N1CCCCC1)NC3. The lowest BCUT2D eigenvalue weighted by atomic mass is 9.95. The molecule has 3 amide bonds. The lowest BCUT2D eigenvalue weighted by Gasteiger charge is -2.30. The zero-order valence-electron chi connectivity index (χ0n) is 21.2. The Balaban J connectivity index is 1.39. The summed E-state index contributed by atoms with van der Waals surface area (Å²) in [6, 6.07) is 10.9. The van der Waals surface area contributed by atoms with E-state index in [1.807, 2.05) is 52.1 Å². The van der Waals surface area contributed by atoms with Gasteiger partial charge >= 0.3 is 0 Å². The van der Waals surface area contributed by atoms with Gasteiger partial charge in [0.15, 0.2) is 0 Å². The second kappa shape index (κ2) is 8.96. The molecule has 194 valence electrons. The van der Waals surface area contributed by atoms with Crippen LogP contribution in [0.5, 0.6) is 0 Å². The summed E-state index contributed by atoms with van der Waals surface area (Å²) in [6.07, 6.45) is 12.6. The number of piperidine rings is 1. The minimum Gasteiger partial charge on any atom is -0.341 e. The maximum atomic E-state index is 13.4. The summed E-state index contributed by atoms with van der Waals surface area (Å²) in [5.41, 5.74) is 4.87. The van der Waals surface area contributed by atoms with E-state index in [9.17, 15) is 14.4 Å². The van der Waals surface area contributed by atoms with Gasteiger partial charge in [-0.2, -0.15) is 0 Å². The number of aromatic nitrogens is 3. The van der Waals surface area contributed by atoms with Crippen LogP contribution < -0.4 is 10.6 Å². The smallest absolute Gasteiger partial charge is 0.261 e. The van der Waals surface area contributed by atoms with E-state index in [1.165, 1.54) is 0 Å². The summed E-state index contributed by atoms with van der Waals surface area (Å²) in [7, 11) is 0. The van der Waals surface area contributed by atoms with Crippen LogP contribution in [0, 0.1) is 12.3 Å². The molecule has 9 nitrogen and oxygen atoms in total. The Morgan fingerprint density at radius 1 is 1.05 bits per heavy atom. The maximum Gasteiger partial charge on any atom is 0.261 e. The Bertz CT molecular complexity index is 1780. The van der Waals surface area contributed by atoms with Gasteiger partial charge in [0, 0.05) is 37.8 Å². The van der Waals surface area contributed by atoms with Crippen molar-refractivity contribution in [1.29, 1.82) is 0 Å². The fourth-order valence-electron chi connectivity index (χ4n) is 6.18. The third kappa shape index (κ3) is 3.60. The number of fused-ring (bicyclic) bond motifs is 1. The van der Waals surface area contributed by atoms with Crippen molar-refractivity contribution in [2.75, 3.05) is 13.1 Å². The zero-order valence-corrected chi connectivity index (χ0v) is 21.2. The molecular weight excluding hydrogens is 492 g/mol. The largest absolute Gasteiger partial charge is 0.341 e. The Labute approximate surface area is 224 Å². The fourth-order valence-corrected chi connectivity index (χ4v) is 6.18. The number of likely N-dealkylation sites (tertiary alicyclic amines) is 1. The van der Waals surface area contributed by atoms with E-state index in [-0.39, 0.29) is 17.1 Å². The first-order chi connectivity index (χ1) is 19.0. The number of carbonyl (C=O) groups excluding carboxylic acids is 3. The number of imidazole rings is 1. The molecule has 1 unspecified atom stereocenters. The third-order valence-corrected chi connectivity index (χ3v) is 8.03. The minimum atomic E-state index is -0.465. The second-order valence-electron chi connectivity index (χ2n) is 10.2. The number of rotatable bonds is 3. The first-order valence-corrected chi connectivity index (χ1v) is 13.2. The number of carbonyl (C=O) groups is 3. The van der Waals surface area contributed by atoms with E-state index in [4.69, 9.17) is 6.42 Å². The van der Waals surface area contributed by atoms with E-state index in [0.29, 0.717) is 35.7 Å². The molecule has 3 aromatic heterocycles. The molecule has 7 rings (SSSR count). The fraction of sp³-hybridized carbons (Fsp3) is 0.267. The summed E-state index contributed by atoms with van der Waals surface area (Å²) < 4.78 is 3.80. The number of pyridine rings is 1. The van der Waals surface area contributed by atoms with Gasteiger partial charge in [-0.25, -0.2) is 4.98 Å². The second-order valence-corrected chi connectivity index (χ2v) is 10.2. The number of nitrogens with zero attached hydrogens (tertiary/aromatic N) is 4. The predicted molar refractivity (Wildman–Crippen MR) is 146 cm³/mol. The molecule has 0 radical (unpaired) electrons. The molecule has 0 saturated carbocycles. The molecule has 1 atom stereocenters. The summed E-state index contributed by atoms with van der Waals surface area (Å²) in [5.74, 6) is 1.94. The first kappa shape index (κ1) is 23.4. The number of amides is 3. The van der Waals surface area contributed by atoms with Crippen LogP contribution in [-0.2, 0) is 27.5 Å². The van der Waals surface area contributed by atoms with Crippen LogP contribution >= 0.6 is 0 Å². The van der Waals surface area contributed by atoms with Gasteiger partial charge in [-0.1, -0.05) is 24.1 Å². The molecule has 0 aliphatic carbocycles. The Morgan fingerprint density at radius 3 is 2.69 bits per heavy atom. The maximum absolute atomic E-state index is 13.4. The van der Waals surface area contributed by atoms with Crippen LogP contribution in [0.3, 0.4) is 0 Å². The van der Waals surface area contributed by atoms with Crippen molar-refractivity contribution in [3.05, 3.63) is 71.3 Å². The molecule has 3 aliphatic heterocycles. The molecule has 9 heteroatoms. The number of imide groups is 1. The Kier molecular flexibility index (Phi) is 5.39. The van der Waals surface area contributed by atoms with Crippen LogP contribution in [0.15, 0.2) is 48.8 Å². The number of benzene rings is 1. The molecule has 1 saturated heterocycles. The summed E-state index contributed by atoms with van der Waals surface area (Å²) in [4.78, 5) is 46.2. The molecule has 0 bridgehead atoms. The number of hydrogen-bond donors (Lipinski definition) is 2. The predicted octanol–water partition coefficient (Wildman–Crippen LogP) is 2.32. The topological polar surface area (TPSA) is 101 Å². The minimum absolute atomic E-state index is 0.0888. The van der Waals surface area contributed by atoms with Gasteiger partial charge in [0.2, 0.25) is 5.91 Å². The monoisotopic (exact) mass is 518 g/mol. The van der Waals surface area contributed by atoms with Crippen molar-refractivity contribution in [2.24, 2.45) is 0 Å². The van der Waals surface area contributed by atoms with Crippen molar-refractivity contribution >= 4 is 45.4 Å². The van der Waals surface area contributed by atoms with E-state index < -0.39 is 17.9 Å². The van der Waals surface area contributed by atoms with Crippen molar-refractivity contribution in [3.63, 3.8) is 0 Å². The molecule has 2 N–H and O–H groups in total. The van der Waals surface area contributed by atoms with Crippen molar-refractivity contribution in [2.45, 2.75) is 38.4 Å². The van der Waals surface area contributed by atoms with Gasteiger partial charge in [0.05, 0.1) is 34.2 Å². The van der Waals surface area contributed by atoms with Gasteiger partial charge < -0.3 is 14.8 Å². The standard InChI is InChI=1S/C30H26N6O3/c1-2-19-14-21-20(25-26(29(38)33-28(25)37)23-16-32-24-8-4-7-13-35(23)24)10-9-18-15-31-22(17-36(19)27(18)21)30(39)34-11-5-3-6-12-34/h1,4,7-10,13-14,16,22,31H,3,5-6,11-12,15,17H2,(H,33,37,38). The Hall–Kier alpha value is -4.68. The van der Waals surface area contributed by atoms with E-state index in [2.05, 4.69) is 21.5 Å². The summed E-state index contributed by atoms with van der Waals surface area (Å²) in [5, 5.41) is 6.70. The van der Waals surface area contributed by atoms with Crippen LogP contribution in [0.2, 0.25) is 0 Å². The van der Waals surface area contributed by atoms with Crippen LogP contribution in [-0.4, -0.2) is 55.7 Å². The van der Waals surface area contributed by atoms with Crippen molar-refractivity contribution in [1.82, 2.24) is 29.5 Å². The molecule has 39 heavy (non-hydrogen) atoms. The van der Waals surface area contributed by atoms with Gasteiger partial charge in [-0.15, -0.1) is 6.42 Å². The summed E-state index contributed by atoms with van der Waals surface area (Å²) in [6.45, 7) is 2.43. The van der Waals surface area contributed by atoms with Crippen LogP contribution in [0.1, 0.15) is 41.8 Å². The summed E-state index contributed by atoms with van der Waals surface area (Å²) >= 11 is 0. The third-order valence-electron chi connectivity index (χ3n) is 8.03. The van der Waals surface area contributed by atoms with Crippen LogP contribution in [0.4, 0.5) is 0 Å². The number of hydrogen-bond acceptors (Lipinski definition) is 5. The average Bonchev–Trinajstić information content (AvgIpc) is 3.59. The quantitative estimate of drug-likeness (QED) is 0.320. The lowest BCUT2D eigenvalue weighted by molar-refractivity contribution is -0.134. The van der Waals surface area contributed by atoms with Gasteiger partial charge in [-0.05, 0) is 48.6 Å². The molecule has 0 spiro atoms. The highest BCUT2D eigenvalue weighted by Gasteiger charge is 2.36. The van der Waals surface area contributed by atoms with Crippen molar-refractivity contribution in [3.8, 4) is 12.3 Å². The Morgan fingerprint density at radius 2 is 1.87 bits per heavy atom. The lowest BCUT2D eigenvalue weighted by Crippen LogP contribution is -2.49. The molecule has 4 aromatic rings. The number of terminal acetylenes is 1. The van der Waals surface area contributed by atoms with Gasteiger partial charge in [-0.3, -0.25) is 24.1 Å².